The molecule has 0 saturated heterocycles. The number of carboxylic acids is 1. The van der Waals surface area contributed by atoms with Crippen molar-refractivity contribution in [1.29, 1.82) is 0 Å². The fourth-order valence-electron chi connectivity index (χ4n) is 9.55. The predicted molar refractivity (Wildman–Crippen MR) is 261 cm³/mol. The number of fused-ring (bicyclic) bond motifs is 4. The van der Waals surface area contributed by atoms with E-state index in [1.165, 1.54) is 43.6 Å². The molecule has 1 aliphatic heterocycles. The van der Waals surface area contributed by atoms with Gasteiger partial charge in [-0.2, -0.15) is 0 Å². The van der Waals surface area contributed by atoms with E-state index in [4.69, 9.17) is 0 Å². The summed E-state index contributed by atoms with van der Waals surface area (Å²) in [6.07, 6.45) is 0.732. The monoisotopic (exact) mass is 882 g/mol. The Kier molecular flexibility index (Phi) is 9.63. The Morgan fingerprint density at radius 1 is 0.576 bits per heavy atom. The highest BCUT2D eigenvalue weighted by atomic mass is 16.4. The van der Waals surface area contributed by atoms with Gasteiger partial charge in [0.15, 0.2) is 0 Å². The van der Waals surface area contributed by atoms with Gasteiger partial charge in [0, 0.05) is 32.4 Å². The summed E-state index contributed by atoms with van der Waals surface area (Å²) in [6, 6.07) is 27.6. The van der Waals surface area contributed by atoms with Crippen LogP contribution in [0.15, 0.2) is 101 Å². The normalized spacial score (nSPS) is 13.8. The van der Waals surface area contributed by atoms with Gasteiger partial charge >= 0.3 is 5.97 Å². The lowest BCUT2D eigenvalue weighted by atomic mass is 9.68. The van der Waals surface area contributed by atoms with E-state index in [1.54, 1.807) is 32.0 Å². The molecule has 0 radical (unpaired) electrons. The van der Waals surface area contributed by atoms with E-state index < -0.39 is 34.3 Å². The average Bonchev–Trinajstić information content (AvgIpc) is 3.92. The SMILES string of the molecule is C=c1c2cc3[nH]n(-c4cc(C(=O)O)cc(C(C)(C)C(C)(C)N5C(=O)c6cc7[nH]n(-c8ccc(Cc9ccc(C(C)(C)C)cc9)cc8)c(=O)c7cc6C5=O)c4)c(=O)c3cc2c(=C)n1C(C)(C)C. The van der Waals surface area contributed by atoms with Crippen LogP contribution in [-0.4, -0.2) is 57.5 Å². The van der Waals surface area contributed by atoms with Crippen LogP contribution in [0.5, 0.6) is 0 Å². The van der Waals surface area contributed by atoms with Crippen LogP contribution in [-0.2, 0) is 22.8 Å². The number of hydrogen-bond acceptors (Lipinski definition) is 5. The van der Waals surface area contributed by atoms with Crippen molar-refractivity contribution in [3.63, 3.8) is 0 Å². The first-order chi connectivity index (χ1) is 30.8. The molecule has 1 aliphatic rings. The number of aromatic carboxylic acids is 1. The van der Waals surface area contributed by atoms with Crippen LogP contribution in [0.1, 0.15) is 123 Å². The average molecular weight is 883 g/mol. The Labute approximate surface area is 381 Å². The number of rotatable bonds is 8. The van der Waals surface area contributed by atoms with Crippen molar-refractivity contribution in [2.45, 2.75) is 97.6 Å². The Hall–Kier alpha value is -7.47. The fraction of sp³-hybridized carbons (Fsp3) is 0.278. The number of carbonyl (C=O) groups excluding carboxylic acids is 2. The Bertz CT molecular complexity index is 3620. The molecule has 2 amide bonds. The summed E-state index contributed by atoms with van der Waals surface area (Å²) in [4.78, 5) is 70.8. The summed E-state index contributed by atoms with van der Waals surface area (Å²) < 4.78 is 4.76. The molecule has 0 bridgehead atoms. The van der Waals surface area contributed by atoms with Gasteiger partial charge in [-0.1, -0.05) is 84.2 Å². The number of carboxylic acid groups (broad SMARTS) is 1. The van der Waals surface area contributed by atoms with Gasteiger partial charge in [-0.05, 0) is 123 Å². The summed E-state index contributed by atoms with van der Waals surface area (Å²) >= 11 is 0. The Balaban J connectivity index is 1.03. The van der Waals surface area contributed by atoms with Gasteiger partial charge in [-0.3, -0.25) is 34.3 Å². The molecule has 0 saturated carbocycles. The number of benzene rings is 5. The summed E-state index contributed by atoms with van der Waals surface area (Å²) in [6.45, 7) is 28.5. The van der Waals surface area contributed by atoms with Gasteiger partial charge in [0.1, 0.15) is 0 Å². The molecule has 0 atom stereocenters. The molecule has 12 heteroatoms. The van der Waals surface area contributed by atoms with Crippen molar-refractivity contribution in [2.75, 3.05) is 0 Å². The van der Waals surface area contributed by atoms with Gasteiger partial charge in [0.25, 0.3) is 22.9 Å². The number of amides is 2. The number of nitrogens with zero attached hydrogens (tertiary/aromatic N) is 4. The van der Waals surface area contributed by atoms with Gasteiger partial charge in [-0.25, -0.2) is 14.2 Å². The second-order valence-corrected chi connectivity index (χ2v) is 20.8. The van der Waals surface area contributed by atoms with Gasteiger partial charge in [0.2, 0.25) is 0 Å². The molecule has 0 aliphatic carbocycles. The molecule has 66 heavy (non-hydrogen) atoms. The first kappa shape index (κ1) is 43.8. The third-order valence-electron chi connectivity index (χ3n) is 14.0. The number of nitrogens with one attached hydrogen (secondary N) is 2. The van der Waals surface area contributed by atoms with Crippen LogP contribution in [0, 0.1) is 0 Å². The molecule has 5 aromatic carbocycles. The highest BCUT2D eigenvalue weighted by Gasteiger charge is 2.52. The summed E-state index contributed by atoms with van der Waals surface area (Å²) in [7, 11) is 0. The first-order valence-corrected chi connectivity index (χ1v) is 22.0. The Morgan fingerprint density at radius 3 is 1.62 bits per heavy atom. The molecule has 0 fully saturated rings. The van der Waals surface area contributed by atoms with Crippen molar-refractivity contribution in [1.82, 2.24) is 29.0 Å². The van der Waals surface area contributed by atoms with Crippen molar-refractivity contribution in [3.05, 3.63) is 161 Å². The lowest BCUT2D eigenvalue weighted by Gasteiger charge is -2.47. The maximum atomic E-state index is 14.5. The smallest absolute Gasteiger partial charge is 0.335 e. The molecule has 3 N–H and O–H groups in total. The molecule has 0 unspecified atom stereocenters. The minimum atomic E-state index is -1.27. The summed E-state index contributed by atoms with van der Waals surface area (Å²) in [5.41, 5.74) is 2.59. The van der Waals surface area contributed by atoms with Crippen molar-refractivity contribution >= 4 is 63.5 Å². The number of H-pyrrole nitrogens is 2. The lowest BCUT2D eigenvalue weighted by molar-refractivity contribution is 0.0336. The van der Waals surface area contributed by atoms with E-state index in [0.29, 0.717) is 27.7 Å². The number of aromatic amines is 2. The minimum Gasteiger partial charge on any atom is -0.478 e. The van der Waals surface area contributed by atoms with E-state index in [-0.39, 0.29) is 44.3 Å². The van der Waals surface area contributed by atoms with Crippen LogP contribution in [0.2, 0.25) is 0 Å². The molecule has 12 nitrogen and oxygen atoms in total. The number of carbonyl (C=O) groups is 3. The van der Waals surface area contributed by atoms with E-state index in [0.717, 1.165) is 33.5 Å². The number of imide groups is 1. The second-order valence-electron chi connectivity index (χ2n) is 20.8. The third kappa shape index (κ3) is 6.68. The van der Waals surface area contributed by atoms with Crippen molar-refractivity contribution in [2.24, 2.45) is 0 Å². The van der Waals surface area contributed by atoms with Gasteiger partial charge < -0.3 is 9.67 Å². The zero-order chi connectivity index (χ0) is 47.7. The van der Waals surface area contributed by atoms with E-state index in [1.807, 2.05) is 48.7 Å². The summed E-state index contributed by atoms with van der Waals surface area (Å²) in [5, 5.41) is 20.4. The standard InChI is InChI=1S/C54H54N6O6/c1-29-38-25-42-44(27-39(38)30(2)57(29)52(6,7)8)56-60(49(42)64)37-23-33(50(65)66)22-35(24-37)53(9,10)54(11,12)58-46(61)40-26-43-45(28-41(40)47(58)62)55-59(48(43)63)36-19-15-32(16-20-36)21-31-13-17-34(18-14-31)51(3,4)5/h13-20,22-28,55-56H,1-2,21H2,3-12H3,(H,65,66). The molecular formula is C54H54N6O6. The maximum absolute atomic E-state index is 14.5. The van der Waals surface area contributed by atoms with E-state index >= 15 is 0 Å². The molecule has 8 aromatic rings. The van der Waals surface area contributed by atoms with Crippen LogP contribution in [0.3, 0.4) is 0 Å². The highest BCUT2D eigenvalue weighted by molar-refractivity contribution is 6.23. The number of hydrogen-bond donors (Lipinski definition) is 3. The second kappa shape index (κ2) is 14.5. The van der Waals surface area contributed by atoms with Crippen LogP contribution in [0.25, 0.3) is 57.1 Å². The predicted octanol–water partition coefficient (Wildman–Crippen LogP) is 8.42. The highest BCUT2D eigenvalue weighted by Crippen LogP contribution is 2.44. The van der Waals surface area contributed by atoms with Crippen molar-refractivity contribution < 1.29 is 19.5 Å². The minimum absolute atomic E-state index is 0.0698. The zero-order valence-corrected chi connectivity index (χ0v) is 39.1. The molecule has 9 rings (SSSR count). The van der Waals surface area contributed by atoms with Crippen LogP contribution < -0.4 is 21.8 Å². The quantitative estimate of drug-likeness (QED) is 0.130. The lowest BCUT2D eigenvalue weighted by Crippen LogP contribution is -2.58. The van der Waals surface area contributed by atoms with Crippen LogP contribution >= 0.6 is 0 Å². The van der Waals surface area contributed by atoms with Crippen molar-refractivity contribution in [3.8, 4) is 11.4 Å². The first-order valence-electron chi connectivity index (χ1n) is 22.0. The molecular weight excluding hydrogens is 829 g/mol. The summed E-state index contributed by atoms with van der Waals surface area (Å²) in [5.74, 6) is -2.35. The van der Waals surface area contributed by atoms with Crippen LogP contribution in [0.4, 0.5) is 0 Å². The van der Waals surface area contributed by atoms with E-state index in [2.05, 4.69) is 89.2 Å². The molecule has 336 valence electrons. The Morgan fingerprint density at radius 2 is 1.08 bits per heavy atom. The number of aromatic nitrogens is 5. The topological polar surface area (TPSA) is 155 Å². The third-order valence-corrected chi connectivity index (χ3v) is 14.0. The maximum Gasteiger partial charge on any atom is 0.335 e. The zero-order valence-electron chi connectivity index (χ0n) is 39.1. The van der Waals surface area contributed by atoms with Gasteiger partial charge in [-0.15, -0.1) is 0 Å². The van der Waals surface area contributed by atoms with Gasteiger partial charge in [0.05, 0.1) is 55.4 Å². The molecule has 4 heterocycles. The molecule has 0 spiro atoms. The molecule has 3 aromatic heterocycles. The van der Waals surface area contributed by atoms with E-state index in [9.17, 15) is 29.1 Å². The largest absolute Gasteiger partial charge is 0.478 e. The fourth-order valence-corrected chi connectivity index (χ4v) is 9.55.